The topological polar surface area (TPSA) is 60.9 Å². The third-order valence-electron chi connectivity index (χ3n) is 5.32. The van der Waals surface area contributed by atoms with E-state index >= 15 is 0 Å². The highest BCUT2D eigenvalue weighted by Crippen LogP contribution is 2.49. The molecule has 2 aromatic rings. The number of hydrogen-bond donors (Lipinski definition) is 1. The molecule has 2 aromatic carbocycles. The number of carbonyl (C=O) groups is 2. The van der Waals surface area contributed by atoms with Crippen LogP contribution in [0.4, 0.5) is 0 Å². The van der Waals surface area contributed by atoms with E-state index in [-0.39, 0.29) is 24.8 Å². The van der Waals surface area contributed by atoms with E-state index in [9.17, 15) is 14.7 Å². The van der Waals surface area contributed by atoms with Crippen molar-refractivity contribution in [2.75, 3.05) is 6.54 Å². The summed E-state index contributed by atoms with van der Waals surface area (Å²) in [5.41, 5.74) is 1.13. The van der Waals surface area contributed by atoms with Crippen LogP contribution in [0.1, 0.15) is 27.9 Å². The van der Waals surface area contributed by atoms with Gasteiger partial charge in [0.25, 0.3) is 5.91 Å². The number of rotatable bonds is 4. The van der Waals surface area contributed by atoms with Gasteiger partial charge in [0.05, 0.1) is 6.42 Å². The first kappa shape index (κ1) is 16.5. The van der Waals surface area contributed by atoms with Gasteiger partial charge in [-0.25, -0.2) is 0 Å². The van der Waals surface area contributed by atoms with Crippen molar-refractivity contribution in [2.45, 2.75) is 24.7 Å². The van der Waals surface area contributed by atoms with Crippen molar-refractivity contribution in [3.05, 3.63) is 83.9 Å². The number of fused-ring (bicyclic) bond motifs is 2. The fourth-order valence-corrected chi connectivity index (χ4v) is 4.14. The predicted molar refractivity (Wildman–Crippen MR) is 97.0 cm³/mol. The minimum atomic E-state index is -1.11. The lowest BCUT2D eigenvalue weighted by Gasteiger charge is -2.38. The van der Waals surface area contributed by atoms with E-state index in [1.807, 2.05) is 42.5 Å². The molecule has 1 saturated heterocycles. The van der Waals surface area contributed by atoms with Crippen LogP contribution >= 0.6 is 0 Å². The Bertz CT molecular complexity index is 880. The van der Waals surface area contributed by atoms with E-state index in [0.29, 0.717) is 17.7 Å². The van der Waals surface area contributed by atoms with Crippen molar-refractivity contribution in [1.82, 2.24) is 9.80 Å². The zero-order valence-corrected chi connectivity index (χ0v) is 14.3. The van der Waals surface area contributed by atoms with Gasteiger partial charge in [-0.15, -0.1) is 6.58 Å². The number of carbonyl (C=O) groups excluding carboxylic acids is 2. The molecule has 2 amide bonds. The smallest absolute Gasteiger partial charge is 0.255 e. The van der Waals surface area contributed by atoms with E-state index in [2.05, 4.69) is 6.58 Å². The Hall–Kier alpha value is -2.92. The SMILES string of the molecule is C=CCN1C(=O)c2ccccc2[C@]12CC(=O)N(Cc1ccccc1)[C@H]2O. The second-order valence-corrected chi connectivity index (χ2v) is 6.73. The summed E-state index contributed by atoms with van der Waals surface area (Å²) in [7, 11) is 0. The number of amides is 2. The Labute approximate surface area is 152 Å². The van der Waals surface area contributed by atoms with Gasteiger partial charge < -0.3 is 14.9 Å². The molecule has 0 unspecified atom stereocenters. The highest BCUT2D eigenvalue weighted by molar-refractivity contribution is 6.02. The van der Waals surface area contributed by atoms with E-state index in [0.717, 1.165) is 5.56 Å². The molecule has 2 heterocycles. The molecule has 4 rings (SSSR count). The molecule has 0 aliphatic carbocycles. The molecule has 5 nitrogen and oxygen atoms in total. The number of benzene rings is 2. The van der Waals surface area contributed by atoms with Gasteiger partial charge in [0.1, 0.15) is 5.54 Å². The minimum absolute atomic E-state index is 0.0671. The summed E-state index contributed by atoms with van der Waals surface area (Å²) in [5, 5.41) is 11.2. The molecule has 0 saturated carbocycles. The van der Waals surface area contributed by atoms with Crippen LogP contribution in [0.15, 0.2) is 67.3 Å². The molecular formula is C21H20N2O3. The number of aliphatic hydroxyl groups is 1. The van der Waals surface area contributed by atoms with Crippen molar-refractivity contribution < 1.29 is 14.7 Å². The highest BCUT2D eigenvalue weighted by Gasteiger charge is 2.61. The average Bonchev–Trinajstić information content (AvgIpc) is 3.05. The van der Waals surface area contributed by atoms with Crippen molar-refractivity contribution in [3.63, 3.8) is 0 Å². The van der Waals surface area contributed by atoms with Gasteiger partial charge in [-0.3, -0.25) is 9.59 Å². The van der Waals surface area contributed by atoms with E-state index in [1.165, 1.54) is 4.90 Å². The summed E-state index contributed by atoms with van der Waals surface area (Å²) < 4.78 is 0. The third-order valence-corrected chi connectivity index (χ3v) is 5.32. The second-order valence-electron chi connectivity index (χ2n) is 6.73. The molecule has 132 valence electrons. The van der Waals surface area contributed by atoms with Crippen LogP contribution in [-0.4, -0.2) is 39.5 Å². The maximum atomic E-state index is 12.9. The summed E-state index contributed by atoms with van der Waals surface area (Å²) in [4.78, 5) is 28.8. The quantitative estimate of drug-likeness (QED) is 0.863. The van der Waals surface area contributed by atoms with Crippen LogP contribution in [-0.2, 0) is 16.9 Å². The summed E-state index contributed by atoms with van der Waals surface area (Å²) >= 11 is 0. The first-order chi connectivity index (χ1) is 12.6. The van der Waals surface area contributed by atoms with E-state index in [4.69, 9.17) is 0 Å². The Morgan fingerprint density at radius 3 is 2.54 bits per heavy atom. The van der Waals surface area contributed by atoms with Gasteiger partial charge in [-0.2, -0.15) is 0 Å². The van der Waals surface area contributed by atoms with Gasteiger partial charge >= 0.3 is 0 Å². The predicted octanol–water partition coefficient (Wildman–Crippen LogP) is 2.27. The Kier molecular flexibility index (Phi) is 3.89. The van der Waals surface area contributed by atoms with Gasteiger partial charge in [-0.05, 0) is 17.2 Å². The van der Waals surface area contributed by atoms with E-state index in [1.54, 1.807) is 23.1 Å². The van der Waals surface area contributed by atoms with Crippen LogP contribution in [0.3, 0.4) is 0 Å². The lowest BCUT2D eigenvalue weighted by atomic mass is 9.87. The Balaban J connectivity index is 1.78. The first-order valence-corrected chi connectivity index (χ1v) is 8.63. The maximum Gasteiger partial charge on any atom is 0.255 e. The number of aliphatic hydroxyl groups excluding tert-OH is 1. The summed E-state index contributed by atoms with van der Waals surface area (Å²) in [6, 6.07) is 16.8. The van der Waals surface area contributed by atoms with Gasteiger partial charge in [0.2, 0.25) is 5.91 Å². The minimum Gasteiger partial charge on any atom is -0.371 e. The van der Waals surface area contributed by atoms with Gasteiger partial charge in [0, 0.05) is 18.7 Å². The lowest BCUT2D eigenvalue weighted by molar-refractivity contribution is -0.135. The zero-order chi connectivity index (χ0) is 18.3. The summed E-state index contributed by atoms with van der Waals surface area (Å²) in [6.45, 7) is 4.31. The molecule has 26 heavy (non-hydrogen) atoms. The van der Waals surface area contributed by atoms with Crippen molar-refractivity contribution in [3.8, 4) is 0 Å². The fourth-order valence-electron chi connectivity index (χ4n) is 4.14. The van der Waals surface area contributed by atoms with Gasteiger partial charge in [-0.1, -0.05) is 54.6 Å². The molecule has 1 N–H and O–H groups in total. The fraction of sp³-hybridized carbons (Fsp3) is 0.238. The summed E-state index contributed by atoms with van der Waals surface area (Å²) in [5.74, 6) is -0.339. The maximum absolute atomic E-state index is 12.9. The van der Waals surface area contributed by atoms with Crippen LogP contribution in [0.5, 0.6) is 0 Å². The molecule has 5 heteroatoms. The van der Waals surface area contributed by atoms with Crippen molar-refractivity contribution in [2.24, 2.45) is 0 Å². The molecule has 2 aliphatic heterocycles. The van der Waals surface area contributed by atoms with Crippen LogP contribution in [0, 0.1) is 0 Å². The standard InChI is InChI=1S/C21H20N2O3/c1-2-12-23-19(25)16-10-6-7-11-17(16)21(23)13-18(24)22(20(21)26)14-15-8-4-3-5-9-15/h2-11,20,26H,1,12-14H2/t20-,21-/m0/s1. The zero-order valence-electron chi connectivity index (χ0n) is 14.3. The number of hydrogen-bond acceptors (Lipinski definition) is 3. The highest BCUT2D eigenvalue weighted by atomic mass is 16.3. The Morgan fingerprint density at radius 1 is 1.12 bits per heavy atom. The van der Waals surface area contributed by atoms with Crippen molar-refractivity contribution in [1.29, 1.82) is 0 Å². The normalized spacial score (nSPS) is 24.4. The second kappa shape index (κ2) is 6.11. The molecular weight excluding hydrogens is 328 g/mol. The van der Waals surface area contributed by atoms with Crippen molar-refractivity contribution >= 4 is 11.8 Å². The van der Waals surface area contributed by atoms with Gasteiger partial charge in [0.15, 0.2) is 6.23 Å². The molecule has 1 fully saturated rings. The number of nitrogens with zero attached hydrogens (tertiary/aromatic N) is 2. The van der Waals surface area contributed by atoms with E-state index < -0.39 is 11.8 Å². The first-order valence-electron chi connectivity index (χ1n) is 8.63. The lowest BCUT2D eigenvalue weighted by Crippen LogP contribution is -2.52. The van der Waals surface area contributed by atoms with Crippen LogP contribution in [0.25, 0.3) is 0 Å². The number of likely N-dealkylation sites (tertiary alicyclic amines) is 1. The molecule has 2 aliphatic rings. The molecule has 1 spiro atoms. The molecule has 2 atom stereocenters. The summed E-state index contributed by atoms with van der Waals surface area (Å²) in [6.07, 6.45) is 0.586. The van der Waals surface area contributed by atoms with Crippen LogP contribution in [0.2, 0.25) is 0 Å². The monoisotopic (exact) mass is 348 g/mol. The largest absolute Gasteiger partial charge is 0.371 e. The Morgan fingerprint density at radius 2 is 1.81 bits per heavy atom. The molecule has 0 radical (unpaired) electrons. The van der Waals surface area contributed by atoms with Crippen LogP contribution < -0.4 is 0 Å². The third kappa shape index (κ3) is 2.21. The molecule has 0 aromatic heterocycles. The average molecular weight is 348 g/mol. The molecule has 0 bridgehead atoms.